The Morgan fingerprint density at radius 3 is 2.59 bits per heavy atom. The Labute approximate surface area is 161 Å². The number of hydrogen-bond donors (Lipinski definition) is 2. The summed E-state index contributed by atoms with van der Waals surface area (Å²) >= 11 is 0. The number of rotatable bonds is 3. The number of hydrogen-bond acceptors (Lipinski definition) is 5. The van der Waals surface area contributed by atoms with E-state index in [-0.39, 0.29) is 28.6 Å². The van der Waals surface area contributed by atoms with Crippen molar-refractivity contribution in [3.63, 3.8) is 0 Å². The molecule has 0 bridgehead atoms. The predicted molar refractivity (Wildman–Crippen MR) is 99.0 cm³/mol. The fraction of sp³-hybridized carbons (Fsp3) is 0.211. The third-order valence-corrected chi connectivity index (χ3v) is 4.84. The Bertz CT molecular complexity index is 1210. The highest BCUT2D eigenvalue weighted by Crippen LogP contribution is 2.26. The van der Waals surface area contributed by atoms with E-state index in [0.717, 1.165) is 29.0 Å². The smallest absolute Gasteiger partial charge is 0.341 e. The van der Waals surface area contributed by atoms with Crippen molar-refractivity contribution in [2.75, 3.05) is 18.0 Å². The van der Waals surface area contributed by atoms with E-state index < -0.39 is 34.4 Å². The molecule has 1 fully saturated rings. The third kappa shape index (κ3) is 3.21. The summed E-state index contributed by atoms with van der Waals surface area (Å²) < 4.78 is 43.5. The number of nitrogens with zero attached hydrogens (tertiary/aromatic N) is 3. The molecule has 1 atom stereocenters. The van der Waals surface area contributed by atoms with E-state index in [1.165, 1.54) is 0 Å². The quantitative estimate of drug-likeness (QED) is 0.693. The van der Waals surface area contributed by atoms with Crippen LogP contribution in [-0.2, 0) is 0 Å². The zero-order valence-electron chi connectivity index (χ0n) is 14.9. The number of anilines is 1. The summed E-state index contributed by atoms with van der Waals surface area (Å²) in [5.41, 5.74) is 3.82. The second kappa shape index (κ2) is 6.89. The van der Waals surface area contributed by atoms with Gasteiger partial charge < -0.3 is 15.7 Å². The van der Waals surface area contributed by atoms with E-state index in [1.807, 2.05) is 0 Å². The molecule has 0 saturated carbocycles. The van der Waals surface area contributed by atoms with Gasteiger partial charge >= 0.3 is 5.97 Å². The van der Waals surface area contributed by atoms with E-state index in [4.69, 9.17) is 5.73 Å². The van der Waals surface area contributed by atoms with Gasteiger partial charge in [-0.05, 0) is 24.6 Å². The van der Waals surface area contributed by atoms with Crippen molar-refractivity contribution in [2.45, 2.75) is 12.5 Å². The molecule has 3 aromatic rings. The Morgan fingerprint density at radius 2 is 1.97 bits per heavy atom. The van der Waals surface area contributed by atoms with E-state index in [1.54, 1.807) is 4.90 Å². The van der Waals surface area contributed by atoms with Gasteiger partial charge in [0.25, 0.3) is 0 Å². The molecule has 4 rings (SSSR count). The van der Waals surface area contributed by atoms with Crippen LogP contribution in [-0.4, -0.2) is 39.8 Å². The first kappa shape index (κ1) is 18.9. The minimum Gasteiger partial charge on any atom is -0.477 e. The van der Waals surface area contributed by atoms with Gasteiger partial charge in [0.1, 0.15) is 17.2 Å². The fourth-order valence-corrected chi connectivity index (χ4v) is 3.43. The number of aromatic carboxylic acids is 1. The molecule has 1 saturated heterocycles. The summed E-state index contributed by atoms with van der Waals surface area (Å²) in [5.74, 6) is -4.30. The van der Waals surface area contributed by atoms with E-state index in [9.17, 15) is 27.9 Å². The molecule has 1 aliphatic heterocycles. The maximum absolute atomic E-state index is 14.7. The molecular weight excluding hydrogens is 389 g/mol. The average Bonchev–Trinajstić information content (AvgIpc) is 3.08. The van der Waals surface area contributed by atoms with Gasteiger partial charge in [-0.15, -0.1) is 0 Å². The zero-order valence-corrected chi connectivity index (χ0v) is 14.9. The van der Waals surface area contributed by atoms with Crippen molar-refractivity contribution in [3.05, 3.63) is 63.7 Å². The van der Waals surface area contributed by atoms with Crippen LogP contribution >= 0.6 is 0 Å². The highest BCUT2D eigenvalue weighted by molar-refractivity contribution is 5.92. The summed E-state index contributed by atoms with van der Waals surface area (Å²) in [6.07, 6.45) is 1.52. The first-order valence-corrected chi connectivity index (χ1v) is 8.71. The molecule has 0 unspecified atom stereocenters. The van der Waals surface area contributed by atoms with Gasteiger partial charge in [0, 0.05) is 31.4 Å². The monoisotopic (exact) mass is 404 g/mol. The van der Waals surface area contributed by atoms with Gasteiger partial charge in [-0.2, -0.15) is 0 Å². The van der Waals surface area contributed by atoms with Gasteiger partial charge in [-0.1, -0.05) is 0 Å². The normalized spacial score (nSPS) is 16.6. The number of halogens is 3. The topological polar surface area (TPSA) is 101 Å². The van der Waals surface area contributed by atoms with Gasteiger partial charge in [0.05, 0.1) is 11.1 Å². The summed E-state index contributed by atoms with van der Waals surface area (Å²) in [6.45, 7) is 0.788. The minimum atomic E-state index is -1.57. The molecule has 0 radical (unpaired) electrons. The number of aromatic nitrogens is 2. The molecule has 1 aliphatic rings. The lowest BCUT2D eigenvalue weighted by Crippen LogP contribution is -2.28. The first-order valence-electron chi connectivity index (χ1n) is 8.71. The number of nitrogens with two attached hydrogens (primary N) is 1. The second-order valence-electron chi connectivity index (χ2n) is 6.80. The van der Waals surface area contributed by atoms with Crippen LogP contribution in [0, 0.1) is 17.5 Å². The van der Waals surface area contributed by atoms with Gasteiger partial charge in [-0.3, -0.25) is 9.36 Å². The number of benzene rings is 1. The Hall–Kier alpha value is -3.40. The molecule has 2 aromatic heterocycles. The van der Waals surface area contributed by atoms with Crippen molar-refractivity contribution >= 4 is 22.8 Å². The van der Waals surface area contributed by atoms with Crippen LogP contribution in [0.5, 0.6) is 0 Å². The summed E-state index contributed by atoms with van der Waals surface area (Å²) in [6, 6.07) is 3.39. The van der Waals surface area contributed by atoms with Crippen LogP contribution in [0.25, 0.3) is 16.7 Å². The standard InChI is InChI=1S/C19H15F3N4O3/c20-9-1-2-15(13(21)5-9)26-8-12(19(28)29)16(27)11-6-14(22)18(24-17(11)26)25-4-3-10(23)7-25/h1-2,5-6,8,10H,3-4,7,23H2,(H,28,29)/t10-/m1/s1. The van der Waals surface area contributed by atoms with Crippen molar-refractivity contribution in [1.82, 2.24) is 9.55 Å². The highest BCUT2D eigenvalue weighted by Gasteiger charge is 2.26. The Kier molecular flexibility index (Phi) is 4.50. The molecular formula is C19H15F3N4O3. The molecule has 150 valence electrons. The number of pyridine rings is 2. The molecule has 0 aliphatic carbocycles. The summed E-state index contributed by atoms with van der Waals surface area (Å²) in [7, 11) is 0. The summed E-state index contributed by atoms with van der Waals surface area (Å²) in [4.78, 5) is 29.8. The lowest BCUT2D eigenvalue weighted by molar-refractivity contribution is 0.0695. The SMILES string of the molecule is N[C@@H]1CCN(c2nc3c(cc2F)c(=O)c(C(=O)O)cn3-c2ccc(F)cc2F)C1. The largest absolute Gasteiger partial charge is 0.477 e. The van der Waals surface area contributed by atoms with Crippen LogP contribution < -0.4 is 16.1 Å². The maximum Gasteiger partial charge on any atom is 0.341 e. The van der Waals surface area contributed by atoms with E-state index in [0.29, 0.717) is 25.6 Å². The van der Waals surface area contributed by atoms with Crippen molar-refractivity contribution < 1.29 is 23.1 Å². The average molecular weight is 404 g/mol. The number of carboxylic acid groups (broad SMARTS) is 1. The van der Waals surface area contributed by atoms with Crippen molar-refractivity contribution in [2.24, 2.45) is 5.73 Å². The van der Waals surface area contributed by atoms with E-state index in [2.05, 4.69) is 4.98 Å². The fourth-order valence-electron chi connectivity index (χ4n) is 3.43. The van der Waals surface area contributed by atoms with E-state index >= 15 is 0 Å². The Balaban J connectivity index is 2.05. The lowest BCUT2D eigenvalue weighted by Gasteiger charge is -2.19. The van der Waals surface area contributed by atoms with Crippen molar-refractivity contribution in [1.29, 1.82) is 0 Å². The second-order valence-corrected chi connectivity index (χ2v) is 6.80. The Morgan fingerprint density at radius 1 is 1.21 bits per heavy atom. The number of fused-ring (bicyclic) bond motifs is 1. The number of carboxylic acids is 1. The lowest BCUT2D eigenvalue weighted by atomic mass is 10.1. The predicted octanol–water partition coefficient (Wildman–Crippen LogP) is 2.04. The van der Waals surface area contributed by atoms with Gasteiger partial charge in [-0.25, -0.2) is 22.9 Å². The molecule has 29 heavy (non-hydrogen) atoms. The molecule has 0 spiro atoms. The zero-order chi connectivity index (χ0) is 20.9. The highest BCUT2D eigenvalue weighted by atomic mass is 19.1. The molecule has 3 heterocycles. The number of carbonyl (C=O) groups is 1. The molecule has 3 N–H and O–H groups in total. The molecule has 1 aromatic carbocycles. The van der Waals surface area contributed by atoms with Crippen LogP contribution in [0.4, 0.5) is 19.0 Å². The van der Waals surface area contributed by atoms with Crippen LogP contribution in [0.3, 0.4) is 0 Å². The van der Waals surface area contributed by atoms with Crippen LogP contribution in [0.2, 0.25) is 0 Å². The molecule has 7 nitrogen and oxygen atoms in total. The third-order valence-electron chi connectivity index (χ3n) is 4.84. The first-order chi connectivity index (χ1) is 13.8. The molecule has 10 heteroatoms. The minimum absolute atomic E-state index is 0.0794. The van der Waals surface area contributed by atoms with Gasteiger partial charge in [0.2, 0.25) is 5.43 Å². The van der Waals surface area contributed by atoms with Crippen LogP contribution in [0.15, 0.2) is 35.3 Å². The van der Waals surface area contributed by atoms with Crippen molar-refractivity contribution in [3.8, 4) is 5.69 Å². The van der Waals surface area contributed by atoms with Gasteiger partial charge in [0.15, 0.2) is 17.3 Å². The molecule has 0 amide bonds. The maximum atomic E-state index is 14.7. The van der Waals surface area contributed by atoms with Crippen LogP contribution in [0.1, 0.15) is 16.8 Å². The summed E-state index contributed by atoms with van der Waals surface area (Å²) in [5, 5.41) is 9.00.